The van der Waals surface area contributed by atoms with E-state index in [2.05, 4.69) is 10.6 Å². The van der Waals surface area contributed by atoms with E-state index in [1.807, 2.05) is 30.3 Å². The van der Waals surface area contributed by atoms with Gasteiger partial charge in [0.25, 0.3) is 0 Å². The van der Waals surface area contributed by atoms with Crippen LogP contribution in [0.15, 0.2) is 30.3 Å². The number of hydrogen-bond donors (Lipinski definition) is 6. The number of aliphatic carboxylic acids is 2. The number of hydrogen-bond acceptors (Lipinski definition) is 7. The summed E-state index contributed by atoms with van der Waals surface area (Å²) in [5, 5.41) is 23.7. The normalized spacial score (nSPS) is 17.5. The lowest BCUT2D eigenvalue weighted by Crippen LogP contribution is -2.57. The summed E-state index contributed by atoms with van der Waals surface area (Å²) in [7, 11) is 0. The number of likely N-dealkylation sites (tertiary alicyclic amines) is 1. The van der Waals surface area contributed by atoms with Crippen LogP contribution in [-0.4, -0.2) is 82.0 Å². The van der Waals surface area contributed by atoms with Gasteiger partial charge in [0.05, 0.1) is 6.04 Å². The van der Waals surface area contributed by atoms with E-state index in [1.54, 1.807) is 0 Å². The van der Waals surface area contributed by atoms with E-state index in [0.29, 0.717) is 32.2 Å². The topological polar surface area (TPSA) is 205 Å². The van der Waals surface area contributed by atoms with Crippen LogP contribution in [-0.2, 0) is 30.4 Å². The monoisotopic (exact) mass is 519 g/mol. The number of rotatable bonds is 15. The molecule has 1 fully saturated rings. The summed E-state index contributed by atoms with van der Waals surface area (Å²) in [6.45, 7) is 0.626. The minimum Gasteiger partial charge on any atom is -0.481 e. The Morgan fingerprint density at radius 1 is 1.00 bits per heavy atom. The van der Waals surface area contributed by atoms with Gasteiger partial charge in [-0.2, -0.15) is 0 Å². The minimum atomic E-state index is -1.20. The Kier molecular flexibility index (Phi) is 12.0. The smallest absolute Gasteiger partial charge is 0.326 e. The molecule has 0 aliphatic carbocycles. The third kappa shape index (κ3) is 9.47. The summed E-state index contributed by atoms with van der Waals surface area (Å²) in [6.07, 6.45) is 1.83. The van der Waals surface area contributed by atoms with Crippen molar-refractivity contribution < 1.29 is 34.2 Å². The van der Waals surface area contributed by atoms with Crippen LogP contribution in [0.5, 0.6) is 0 Å². The maximum atomic E-state index is 13.4. The van der Waals surface area contributed by atoms with Crippen molar-refractivity contribution in [2.24, 2.45) is 11.5 Å². The quantitative estimate of drug-likeness (QED) is 0.166. The fraction of sp³-hybridized carbons (Fsp3) is 0.560. The summed E-state index contributed by atoms with van der Waals surface area (Å²) < 4.78 is 0. The number of amides is 3. The van der Waals surface area contributed by atoms with Gasteiger partial charge >= 0.3 is 11.9 Å². The van der Waals surface area contributed by atoms with Crippen molar-refractivity contribution in [2.75, 3.05) is 13.1 Å². The lowest BCUT2D eigenvalue weighted by Gasteiger charge is -2.30. The van der Waals surface area contributed by atoms with Gasteiger partial charge in [0.1, 0.15) is 18.1 Å². The molecule has 0 spiro atoms. The van der Waals surface area contributed by atoms with Crippen LogP contribution < -0.4 is 22.1 Å². The van der Waals surface area contributed by atoms with Crippen molar-refractivity contribution in [3.63, 3.8) is 0 Å². The average molecular weight is 520 g/mol. The number of nitrogens with zero attached hydrogens (tertiary/aromatic N) is 1. The Bertz CT molecular complexity index is 943. The maximum absolute atomic E-state index is 13.4. The molecule has 8 N–H and O–H groups in total. The molecule has 0 saturated carbocycles. The number of carboxylic acid groups (broad SMARTS) is 2. The third-order valence-electron chi connectivity index (χ3n) is 6.30. The molecule has 3 amide bonds. The van der Waals surface area contributed by atoms with Crippen LogP contribution >= 0.6 is 0 Å². The molecule has 1 heterocycles. The van der Waals surface area contributed by atoms with Crippen LogP contribution in [0, 0.1) is 0 Å². The van der Waals surface area contributed by atoms with Crippen molar-refractivity contribution in [1.82, 2.24) is 15.5 Å². The van der Waals surface area contributed by atoms with E-state index >= 15 is 0 Å². The maximum Gasteiger partial charge on any atom is 0.326 e. The fourth-order valence-corrected chi connectivity index (χ4v) is 4.29. The lowest BCUT2D eigenvalue weighted by atomic mass is 10.0. The highest BCUT2D eigenvalue weighted by Crippen LogP contribution is 2.20. The summed E-state index contributed by atoms with van der Waals surface area (Å²) in [4.78, 5) is 63.2. The standard InChI is InChI=1S/C25H37N5O7/c26-13-5-4-9-19(25(36)37)29-23(34)20-10-6-14-30(20)24(35)18(11-12-21(31)32)28-22(33)17(27)15-16-7-2-1-3-8-16/h1-3,7-8,17-20H,4-6,9-15,26-27H2,(H,28,33)(H,29,34)(H,31,32)(H,36,37). The molecule has 4 unspecified atom stereocenters. The molecular formula is C25H37N5O7. The van der Waals surface area contributed by atoms with E-state index in [1.165, 1.54) is 4.90 Å². The second-order valence-corrected chi connectivity index (χ2v) is 9.16. The fourth-order valence-electron chi connectivity index (χ4n) is 4.29. The summed E-state index contributed by atoms with van der Waals surface area (Å²) in [5.74, 6) is -4.14. The molecule has 0 aromatic heterocycles. The highest BCUT2D eigenvalue weighted by atomic mass is 16.4. The highest BCUT2D eigenvalue weighted by Gasteiger charge is 2.39. The molecule has 1 saturated heterocycles. The Hall–Kier alpha value is -3.51. The van der Waals surface area contributed by atoms with E-state index < -0.39 is 53.8 Å². The Morgan fingerprint density at radius 2 is 1.70 bits per heavy atom. The van der Waals surface area contributed by atoms with E-state index in [9.17, 15) is 29.1 Å². The van der Waals surface area contributed by atoms with Crippen molar-refractivity contribution in [1.29, 1.82) is 0 Å². The first-order valence-corrected chi connectivity index (χ1v) is 12.5. The third-order valence-corrected chi connectivity index (χ3v) is 6.30. The van der Waals surface area contributed by atoms with Crippen molar-refractivity contribution in [2.45, 2.75) is 75.5 Å². The van der Waals surface area contributed by atoms with Crippen LogP contribution in [0.2, 0.25) is 0 Å². The average Bonchev–Trinajstić information content (AvgIpc) is 3.36. The van der Waals surface area contributed by atoms with E-state index in [0.717, 1.165) is 5.56 Å². The molecule has 37 heavy (non-hydrogen) atoms. The molecule has 204 valence electrons. The van der Waals surface area contributed by atoms with E-state index in [4.69, 9.17) is 16.6 Å². The second-order valence-electron chi connectivity index (χ2n) is 9.16. The summed E-state index contributed by atoms with van der Waals surface area (Å²) in [6, 6.07) is 4.87. The number of nitrogens with two attached hydrogens (primary N) is 2. The number of unbranched alkanes of at least 4 members (excludes halogenated alkanes) is 1. The summed E-state index contributed by atoms with van der Waals surface area (Å²) in [5.41, 5.74) is 12.3. The molecule has 4 atom stereocenters. The first-order valence-electron chi connectivity index (χ1n) is 12.5. The highest BCUT2D eigenvalue weighted by molar-refractivity contribution is 5.94. The Balaban J connectivity index is 2.09. The number of carbonyl (C=O) groups is 5. The molecule has 1 aliphatic rings. The molecule has 0 radical (unpaired) electrons. The van der Waals surface area contributed by atoms with Gasteiger partial charge in [0.2, 0.25) is 17.7 Å². The SMILES string of the molecule is NCCCCC(NC(=O)C1CCCN1C(=O)C(CCC(=O)O)NC(=O)C(N)Cc1ccccc1)C(=O)O. The van der Waals surface area contributed by atoms with Gasteiger partial charge in [-0.15, -0.1) is 0 Å². The number of nitrogens with one attached hydrogen (secondary N) is 2. The van der Waals surface area contributed by atoms with Gasteiger partial charge in [0, 0.05) is 13.0 Å². The zero-order chi connectivity index (χ0) is 27.4. The van der Waals surface area contributed by atoms with Gasteiger partial charge in [-0.05, 0) is 57.1 Å². The first kappa shape index (κ1) is 29.7. The largest absolute Gasteiger partial charge is 0.481 e. The minimum absolute atomic E-state index is 0.181. The predicted octanol–water partition coefficient (Wildman–Crippen LogP) is -0.405. The Morgan fingerprint density at radius 3 is 2.32 bits per heavy atom. The Labute approximate surface area is 215 Å². The predicted molar refractivity (Wildman–Crippen MR) is 134 cm³/mol. The zero-order valence-corrected chi connectivity index (χ0v) is 20.8. The molecule has 2 rings (SSSR count). The van der Waals surface area contributed by atoms with Gasteiger partial charge in [-0.1, -0.05) is 30.3 Å². The molecule has 1 aliphatic heterocycles. The van der Waals surface area contributed by atoms with Gasteiger partial charge in [-0.3, -0.25) is 19.2 Å². The molecule has 1 aromatic rings. The van der Waals surface area contributed by atoms with Crippen LogP contribution in [0.4, 0.5) is 0 Å². The van der Waals surface area contributed by atoms with Crippen LogP contribution in [0.3, 0.4) is 0 Å². The van der Waals surface area contributed by atoms with Gasteiger partial charge < -0.3 is 37.2 Å². The van der Waals surface area contributed by atoms with Gasteiger partial charge in [0.15, 0.2) is 0 Å². The van der Waals surface area contributed by atoms with Gasteiger partial charge in [-0.25, -0.2) is 4.79 Å². The lowest BCUT2D eigenvalue weighted by molar-refractivity contribution is -0.145. The van der Waals surface area contributed by atoms with Crippen molar-refractivity contribution in [3.05, 3.63) is 35.9 Å². The van der Waals surface area contributed by atoms with Crippen LogP contribution in [0.25, 0.3) is 0 Å². The number of benzene rings is 1. The summed E-state index contributed by atoms with van der Waals surface area (Å²) >= 11 is 0. The second kappa shape index (κ2) is 14.9. The molecule has 12 heteroatoms. The number of carbonyl (C=O) groups excluding carboxylic acids is 3. The first-order chi connectivity index (χ1) is 17.6. The molecule has 12 nitrogen and oxygen atoms in total. The number of carboxylic acids is 2. The molecular weight excluding hydrogens is 482 g/mol. The van der Waals surface area contributed by atoms with Crippen molar-refractivity contribution in [3.8, 4) is 0 Å². The van der Waals surface area contributed by atoms with E-state index in [-0.39, 0.29) is 32.2 Å². The van der Waals surface area contributed by atoms with Crippen LogP contribution in [0.1, 0.15) is 50.5 Å². The zero-order valence-electron chi connectivity index (χ0n) is 20.8. The molecule has 0 bridgehead atoms. The molecule has 1 aromatic carbocycles. The van der Waals surface area contributed by atoms with Crippen molar-refractivity contribution >= 4 is 29.7 Å².